The van der Waals surface area contributed by atoms with Gasteiger partial charge in [0.05, 0.1) is 17.6 Å². The molecule has 140 valence electrons. The van der Waals surface area contributed by atoms with Gasteiger partial charge in [0.1, 0.15) is 5.75 Å². The fraction of sp³-hybridized carbons (Fsp3) is 0.611. The summed E-state index contributed by atoms with van der Waals surface area (Å²) in [4.78, 5) is 6.75. The Bertz CT molecular complexity index is 697. The van der Waals surface area contributed by atoms with Crippen molar-refractivity contribution in [2.45, 2.75) is 31.9 Å². The van der Waals surface area contributed by atoms with E-state index in [-0.39, 0.29) is 5.75 Å². The molecule has 6 nitrogen and oxygen atoms in total. The van der Waals surface area contributed by atoms with Gasteiger partial charge in [-0.2, -0.15) is 0 Å². The molecule has 1 N–H and O–H groups in total. The van der Waals surface area contributed by atoms with Gasteiger partial charge >= 0.3 is 0 Å². The minimum Gasteiger partial charge on any atom is -0.497 e. The highest BCUT2D eigenvalue weighted by molar-refractivity contribution is 7.92. The fourth-order valence-electron chi connectivity index (χ4n) is 2.83. The van der Waals surface area contributed by atoms with Crippen LogP contribution in [0.3, 0.4) is 0 Å². The van der Waals surface area contributed by atoms with Gasteiger partial charge in [-0.25, -0.2) is 8.42 Å². The van der Waals surface area contributed by atoms with Gasteiger partial charge in [0.2, 0.25) is 0 Å². The van der Waals surface area contributed by atoms with E-state index in [4.69, 9.17) is 9.73 Å². The van der Waals surface area contributed by atoms with Crippen LogP contribution in [0.5, 0.6) is 5.75 Å². The first-order valence-electron chi connectivity index (χ1n) is 8.67. The highest BCUT2D eigenvalue weighted by Gasteiger charge is 2.40. The number of benzene rings is 1. The first kappa shape index (κ1) is 19.6. The van der Waals surface area contributed by atoms with Crippen LogP contribution in [0.2, 0.25) is 0 Å². The number of rotatable bonds is 5. The highest BCUT2D eigenvalue weighted by atomic mass is 32.2. The Kier molecular flexibility index (Phi) is 6.32. The summed E-state index contributed by atoms with van der Waals surface area (Å²) < 4.78 is 28.8. The number of ether oxygens (including phenoxy) is 1. The molecule has 1 aromatic carbocycles. The molecular formula is C18H29N3O3S. The molecule has 25 heavy (non-hydrogen) atoms. The molecule has 0 bridgehead atoms. The summed E-state index contributed by atoms with van der Waals surface area (Å²) in [5, 5.41) is 3.28. The predicted octanol–water partition coefficient (Wildman–Crippen LogP) is 1.71. The van der Waals surface area contributed by atoms with E-state index in [1.807, 2.05) is 31.2 Å². The lowest BCUT2D eigenvalue weighted by Crippen LogP contribution is -2.57. The lowest BCUT2D eigenvalue weighted by Gasteiger charge is -2.39. The Morgan fingerprint density at radius 3 is 2.56 bits per heavy atom. The molecule has 0 radical (unpaired) electrons. The lowest BCUT2D eigenvalue weighted by atomic mass is 10.1. The third-order valence-electron chi connectivity index (χ3n) is 4.50. The molecule has 0 aliphatic carbocycles. The quantitative estimate of drug-likeness (QED) is 0.634. The van der Waals surface area contributed by atoms with Crippen LogP contribution in [0.15, 0.2) is 29.3 Å². The summed E-state index contributed by atoms with van der Waals surface area (Å²) in [6.45, 7) is 7.95. The normalized spacial score (nSPS) is 19.5. The standard InChI is InChI=1S/C18H29N3O3S/c1-5-19-17(21-12-13-25(22,23)18(2,3)14-21)20-11-10-15-6-8-16(24-4)9-7-15/h6-9H,5,10-14H2,1-4H3,(H,19,20). The second-order valence-electron chi connectivity index (χ2n) is 6.83. The maximum Gasteiger partial charge on any atom is 0.194 e. The van der Waals surface area contributed by atoms with Crippen molar-refractivity contribution >= 4 is 15.8 Å². The summed E-state index contributed by atoms with van der Waals surface area (Å²) >= 11 is 0. The molecule has 0 amide bonds. The average Bonchev–Trinajstić information content (AvgIpc) is 2.57. The van der Waals surface area contributed by atoms with Crippen LogP contribution in [-0.4, -0.2) is 63.1 Å². The first-order valence-corrected chi connectivity index (χ1v) is 10.3. The van der Waals surface area contributed by atoms with Crippen molar-refractivity contribution in [2.24, 2.45) is 4.99 Å². The Morgan fingerprint density at radius 1 is 1.32 bits per heavy atom. The Labute approximate surface area is 151 Å². The number of hydrogen-bond donors (Lipinski definition) is 1. The zero-order chi connectivity index (χ0) is 18.5. The number of aliphatic imine (C=N–C) groups is 1. The monoisotopic (exact) mass is 367 g/mol. The maximum atomic E-state index is 12.2. The van der Waals surface area contributed by atoms with Crippen molar-refractivity contribution in [1.29, 1.82) is 0 Å². The van der Waals surface area contributed by atoms with Gasteiger partial charge < -0.3 is 15.0 Å². The van der Waals surface area contributed by atoms with Crippen LogP contribution in [-0.2, 0) is 16.3 Å². The van der Waals surface area contributed by atoms with Gasteiger partial charge in [0.25, 0.3) is 0 Å². The summed E-state index contributed by atoms with van der Waals surface area (Å²) in [7, 11) is -1.39. The first-order chi connectivity index (χ1) is 11.8. The SMILES string of the molecule is CCNC(=NCCc1ccc(OC)cc1)N1CCS(=O)(=O)C(C)(C)C1. The van der Waals surface area contributed by atoms with E-state index in [0.29, 0.717) is 19.6 Å². The minimum atomic E-state index is -3.05. The molecule has 2 rings (SSSR count). The van der Waals surface area contributed by atoms with Crippen LogP contribution >= 0.6 is 0 Å². The van der Waals surface area contributed by atoms with Crippen LogP contribution < -0.4 is 10.1 Å². The largest absolute Gasteiger partial charge is 0.497 e. The number of guanidine groups is 1. The average molecular weight is 368 g/mol. The highest BCUT2D eigenvalue weighted by Crippen LogP contribution is 2.23. The van der Waals surface area contributed by atoms with Crippen molar-refractivity contribution in [3.63, 3.8) is 0 Å². The molecule has 0 unspecified atom stereocenters. The number of methoxy groups -OCH3 is 1. The molecule has 0 spiro atoms. The van der Waals surface area contributed by atoms with Gasteiger partial charge in [-0.05, 0) is 44.9 Å². The molecule has 1 aliphatic rings. The van der Waals surface area contributed by atoms with E-state index in [1.54, 1.807) is 21.0 Å². The van der Waals surface area contributed by atoms with Crippen LogP contribution in [0.25, 0.3) is 0 Å². The molecular weight excluding hydrogens is 338 g/mol. The van der Waals surface area contributed by atoms with Gasteiger partial charge in [-0.3, -0.25) is 4.99 Å². The smallest absolute Gasteiger partial charge is 0.194 e. The molecule has 7 heteroatoms. The zero-order valence-electron chi connectivity index (χ0n) is 15.6. The molecule has 1 aromatic rings. The van der Waals surface area contributed by atoms with Crippen molar-refractivity contribution in [1.82, 2.24) is 10.2 Å². The van der Waals surface area contributed by atoms with Gasteiger partial charge in [-0.15, -0.1) is 0 Å². The molecule has 1 aliphatic heterocycles. The zero-order valence-corrected chi connectivity index (χ0v) is 16.4. The summed E-state index contributed by atoms with van der Waals surface area (Å²) in [5.41, 5.74) is 1.20. The Hall–Kier alpha value is -1.76. The molecule has 1 fully saturated rings. The number of hydrogen-bond acceptors (Lipinski definition) is 4. The predicted molar refractivity (Wildman–Crippen MR) is 102 cm³/mol. The number of nitrogens with zero attached hydrogens (tertiary/aromatic N) is 2. The van der Waals surface area contributed by atoms with Crippen LogP contribution in [0, 0.1) is 0 Å². The number of nitrogens with one attached hydrogen (secondary N) is 1. The molecule has 0 saturated carbocycles. The Morgan fingerprint density at radius 2 is 2.00 bits per heavy atom. The molecule has 0 aromatic heterocycles. The fourth-order valence-corrected chi connectivity index (χ4v) is 4.20. The summed E-state index contributed by atoms with van der Waals surface area (Å²) in [6, 6.07) is 7.97. The summed E-state index contributed by atoms with van der Waals surface area (Å²) in [5.74, 6) is 1.81. The Balaban J connectivity index is 2.03. The minimum absolute atomic E-state index is 0.170. The molecule has 0 atom stereocenters. The third kappa shape index (κ3) is 4.87. The van der Waals surface area contributed by atoms with E-state index in [2.05, 4.69) is 10.2 Å². The lowest BCUT2D eigenvalue weighted by molar-refractivity contribution is 0.353. The topological polar surface area (TPSA) is 71.0 Å². The second kappa shape index (κ2) is 8.08. The van der Waals surface area contributed by atoms with Gasteiger partial charge in [0, 0.05) is 26.2 Å². The maximum absolute atomic E-state index is 12.2. The van der Waals surface area contributed by atoms with Crippen LogP contribution in [0.4, 0.5) is 0 Å². The van der Waals surface area contributed by atoms with E-state index in [1.165, 1.54) is 5.56 Å². The van der Waals surface area contributed by atoms with Crippen molar-refractivity contribution in [3.05, 3.63) is 29.8 Å². The van der Waals surface area contributed by atoms with Crippen molar-refractivity contribution in [3.8, 4) is 5.75 Å². The van der Waals surface area contributed by atoms with Crippen LogP contribution in [0.1, 0.15) is 26.3 Å². The van der Waals surface area contributed by atoms with E-state index in [9.17, 15) is 8.42 Å². The number of sulfone groups is 1. The van der Waals surface area contributed by atoms with E-state index in [0.717, 1.165) is 24.7 Å². The molecule has 1 heterocycles. The van der Waals surface area contributed by atoms with E-state index >= 15 is 0 Å². The van der Waals surface area contributed by atoms with Gasteiger partial charge in [-0.1, -0.05) is 12.1 Å². The second-order valence-corrected chi connectivity index (χ2v) is 9.58. The third-order valence-corrected chi connectivity index (χ3v) is 7.03. The van der Waals surface area contributed by atoms with Crippen molar-refractivity contribution < 1.29 is 13.2 Å². The summed E-state index contributed by atoms with van der Waals surface area (Å²) in [6.07, 6.45) is 0.828. The molecule has 1 saturated heterocycles. The van der Waals surface area contributed by atoms with Crippen molar-refractivity contribution in [2.75, 3.05) is 39.0 Å². The van der Waals surface area contributed by atoms with E-state index < -0.39 is 14.6 Å². The van der Waals surface area contributed by atoms with Gasteiger partial charge in [0.15, 0.2) is 15.8 Å².